The number of hydrogen-bond donors (Lipinski definition) is 0. The molecule has 82 valence electrons. The van der Waals surface area contributed by atoms with Crippen LogP contribution in [0.2, 0.25) is 5.02 Å². The maximum Gasteiger partial charge on any atom is 0.304 e. The summed E-state index contributed by atoms with van der Waals surface area (Å²) in [5.41, 5.74) is 0.163. The molecule has 0 aromatic heterocycles. The topological polar surface area (TPSA) is 26.3 Å². The van der Waals surface area contributed by atoms with Crippen molar-refractivity contribution in [2.24, 2.45) is 0 Å². The van der Waals surface area contributed by atoms with Crippen LogP contribution < -0.4 is 4.74 Å². The SMILES string of the molecule is O=Cc1ccc(Cl)c(OC(F)C(F)F)c1. The molecular weight excluding hydrogens is 233 g/mol. The average Bonchev–Trinajstić information content (AvgIpc) is 2.21. The minimum absolute atomic E-state index is 0.0381. The molecule has 1 aromatic carbocycles. The third-order valence-corrected chi connectivity index (χ3v) is 1.84. The molecule has 0 aliphatic carbocycles. The van der Waals surface area contributed by atoms with E-state index >= 15 is 0 Å². The van der Waals surface area contributed by atoms with Crippen molar-refractivity contribution >= 4 is 17.9 Å². The van der Waals surface area contributed by atoms with Gasteiger partial charge in [-0.15, -0.1) is 0 Å². The number of carbonyl (C=O) groups is 1. The fourth-order valence-corrected chi connectivity index (χ4v) is 1.02. The van der Waals surface area contributed by atoms with E-state index in [1.54, 1.807) is 0 Å². The molecule has 0 heterocycles. The molecule has 0 saturated heterocycles. The number of ether oxygens (including phenoxy) is 1. The lowest BCUT2D eigenvalue weighted by molar-refractivity contribution is -0.0668. The predicted octanol–water partition coefficient (Wildman–Crippen LogP) is 3.09. The van der Waals surface area contributed by atoms with E-state index in [1.807, 2.05) is 0 Å². The summed E-state index contributed by atoms with van der Waals surface area (Å²) in [6.45, 7) is 0. The van der Waals surface area contributed by atoms with Gasteiger partial charge in [-0.05, 0) is 18.2 Å². The van der Waals surface area contributed by atoms with Crippen molar-refractivity contribution in [2.45, 2.75) is 12.8 Å². The molecule has 0 aliphatic heterocycles. The van der Waals surface area contributed by atoms with Gasteiger partial charge in [0, 0.05) is 5.56 Å². The van der Waals surface area contributed by atoms with Crippen LogP contribution in [0.1, 0.15) is 10.4 Å². The molecule has 0 fully saturated rings. The molecule has 0 bridgehead atoms. The summed E-state index contributed by atoms with van der Waals surface area (Å²) in [4.78, 5) is 10.3. The molecule has 0 radical (unpaired) electrons. The van der Waals surface area contributed by atoms with Crippen LogP contribution in [0.15, 0.2) is 18.2 Å². The Kier molecular flexibility index (Phi) is 3.96. The van der Waals surface area contributed by atoms with Crippen molar-refractivity contribution in [1.82, 2.24) is 0 Å². The van der Waals surface area contributed by atoms with Crippen LogP contribution in [-0.4, -0.2) is 19.1 Å². The largest absolute Gasteiger partial charge is 0.453 e. The molecule has 1 aromatic rings. The maximum absolute atomic E-state index is 12.5. The van der Waals surface area contributed by atoms with Gasteiger partial charge in [-0.2, -0.15) is 4.39 Å². The summed E-state index contributed by atoms with van der Waals surface area (Å²) in [7, 11) is 0. The first-order valence-electron chi connectivity index (χ1n) is 3.88. The summed E-state index contributed by atoms with van der Waals surface area (Å²) in [6, 6.07) is 3.71. The lowest BCUT2D eigenvalue weighted by Gasteiger charge is -2.11. The number of alkyl halides is 3. The number of rotatable bonds is 4. The standard InChI is InChI=1S/C9H6ClF3O2/c10-6-2-1-5(4-14)3-7(6)15-9(13)8(11)12/h1-4,8-9H. The predicted molar refractivity (Wildman–Crippen MR) is 48.4 cm³/mol. The van der Waals surface area contributed by atoms with Crippen molar-refractivity contribution in [3.05, 3.63) is 28.8 Å². The van der Waals surface area contributed by atoms with Gasteiger partial charge in [-0.3, -0.25) is 4.79 Å². The lowest BCUT2D eigenvalue weighted by atomic mass is 10.2. The first-order chi connectivity index (χ1) is 7.04. The van der Waals surface area contributed by atoms with E-state index in [1.165, 1.54) is 12.1 Å². The first kappa shape index (κ1) is 11.8. The van der Waals surface area contributed by atoms with Gasteiger partial charge in [0.1, 0.15) is 12.0 Å². The van der Waals surface area contributed by atoms with Crippen molar-refractivity contribution in [1.29, 1.82) is 0 Å². The molecule has 6 heteroatoms. The molecular formula is C9H6ClF3O2. The Morgan fingerprint density at radius 3 is 2.53 bits per heavy atom. The quantitative estimate of drug-likeness (QED) is 0.754. The highest BCUT2D eigenvalue weighted by Crippen LogP contribution is 2.27. The van der Waals surface area contributed by atoms with Crippen molar-refractivity contribution in [3.63, 3.8) is 0 Å². The van der Waals surface area contributed by atoms with Crippen LogP contribution in [0.3, 0.4) is 0 Å². The normalized spacial score (nSPS) is 12.6. The molecule has 0 saturated carbocycles. The molecule has 0 N–H and O–H groups in total. The van der Waals surface area contributed by atoms with Gasteiger partial charge in [0.2, 0.25) is 0 Å². The molecule has 0 spiro atoms. The van der Waals surface area contributed by atoms with E-state index in [-0.39, 0.29) is 16.3 Å². The van der Waals surface area contributed by atoms with Crippen LogP contribution in [0.25, 0.3) is 0 Å². The second kappa shape index (κ2) is 5.02. The summed E-state index contributed by atoms with van der Waals surface area (Å²) in [5, 5.41) is -0.0381. The zero-order valence-electron chi connectivity index (χ0n) is 7.29. The average molecular weight is 239 g/mol. The monoisotopic (exact) mass is 238 g/mol. The van der Waals surface area contributed by atoms with Gasteiger partial charge in [0.15, 0.2) is 0 Å². The minimum atomic E-state index is -3.26. The van der Waals surface area contributed by atoms with Crippen molar-refractivity contribution in [2.75, 3.05) is 0 Å². The van der Waals surface area contributed by atoms with Gasteiger partial charge in [0.05, 0.1) is 5.02 Å². The van der Waals surface area contributed by atoms with Crippen molar-refractivity contribution in [3.8, 4) is 5.75 Å². The maximum atomic E-state index is 12.5. The van der Waals surface area contributed by atoms with Crippen LogP contribution in [-0.2, 0) is 0 Å². The molecule has 0 aliphatic rings. The van der Waals surface area contributed by atoms with E-state index in [0.29, 0.717) is 6.29 Å². The highest BCUT2D eigenvalue weighted by molar-refractivity contribution is 6.32. The number of benzene rings is 1. The molecule has 1 atom stereocenters. The van der Waals surface area contributed by atoms with Gasteiger partial charge in [-0.1, -0.05) is 11.6 Å². The second-order valence-electron chi connectivity index (χ2n) is 2.61. The van der Waals surface area contributed by atoms with E-state index in [9.17, 15) is 18.0 Å². The first-order valence-corrected chi connectivity index (χ1v) is 4.26. The van der Waals surface area contributed by atoms with Crippen LogP contribution in [0.5, 0.6) is 5.75 Å². The smallest absolute Gasteiger partial charge is 0.304 e. The van der Waals surface area contributed by atoms with Crippen molar-refractivity contribution < 1.29 is 22.7 Å². The highest BCUT2D eigenvalue weighted by Gasteiger charge is 2.21. The Balaban J connectivity index is 2.88. The Hall–Kier alpha value is -1.23. The number of halogens is 4. The van der Waals surface area contributed by atoms with E-state index in [0.717, 1.165) is 6.07 Å². The summed E-state index contributed by atoms with van der Waals surface area (Å²) >= 11 is 5.55. The Labute approximate surface area is 88.6 Å². The third kappa shape index (κ3) is 3.13. The van der Waals surface area contributed by atoms with Gasteiger partial charge in [-0.25, -0.2) is 8.78 Å². The van der Waals surface area contributed by atoms with Crippen LogP contribution >= 0.6 is 11.6 Å². The fourth-order valence-electron chi connectivity index (χ4n) is 0.856. The molecule has 0 amide bonds. The molecule has 1 rings (SSSR count). The number of hydrogen-bond acceptors (Lipinski definition) is 2. The lowest BCUT2D eigenvalue weighted by Crippen LogP contribution is -2.19. The van der Waals surface area contributed by atoms with Gasteiger partial charge < -0.3 is 4.74 Å². The highest BCUT2D eigenvalue weighted by atomic mass is 35.5. The van der Waals surface area contributed by atoms with Crippen LogP contribution in [0, 0.1) is 0 Å². The fraction of sp³-hybridized carbons (Fsp3) is 0.222. The second-order valence-corrected chi connectivity index (χ2v) is 3.02. The van der Waals surface area contributed by atoms with Gasteiger partial charge >= 0.3 is 6.43 Å². The van der Waals surface area contributed by atoms with Gasteiger partial charge in [0.25, 0.3) is 6.36 Å². The molecule has 1 unspecified atom stereocenters. The Morgan fingerprint density at radius 2 is 2.00 bits per heavy atom. The third-order valence-electron chi connectivity index (χ3n) is 1.53. The Morgan fingerprint density at radius 1 is 1.33 bits per heavy atom. The minimum Gasteiger partial charge on any atom is -0.453 e. The summed E-state index contributed by atoms with van der Waals surface area (Å²) in [5.74, 6) is -0.283. The van der Waals surface area contributed by atoms with E-state index in [2.05, 4.69) is 4.74 Å². The van der Waals surface area contributed by atoms with E-state index < -0.39 is 12.8 Å². The Bertz CT molecular complexity index is 357. The molecule has 2 nitrogen and oxygen atoms in total. The van der Waals surface area contributed by atoms with Crippen LogP contribution in [0.4, 0.5) is 13.2 Å². The summed E-state index contributed by atoms with van der Waals surface area (Å²) < 4.78 is 40.4. The molecule has 15 heavy (non-hydrogen) atoms. The number of aldehydes is 1. The van der Waals surface area contributed by atoms with E-state index in [4.69, 9.17) is 11.6 Å². The zero-order chi connectivity index (χ0) is 11.4. The number of carbonyl (C=O) groups excluding carboxylic acids is 1. The zero-order valence-corrected chi connectivity index (χ0v) is 8.05. The summed E-state index contributed by atoms with van der Waals surface area (Å²) in [6.07, 6.45) is -5.55.